The Hall–Kier alpha value is -3.04. The molecule has 2 amide bonds. The van der Waals surface area contributed by atoms with Crippen molar-refractivity contribution in [2.45, 2.75) is 20.3 Å². The molecule has 0 spiro atoms. The summed E-state index contributed by atoms with van der Waals surface area (Å²) in [6.45, 7) is 11.1. The molecule has 0 aliphatic heterocycles. The Morgan fingerprint density at radius 2 is 1.07 bits per heavy atom. The largest absolute Gasteiger partial charge is 0.461 e. The van der Waals surface area contributed by atoms with E-state index in [1.165, 1.54) is 9.80 Å². The lowest BCUT2D eigenvalue weighted by Crippen LogP contribution is -2.39. The molecule has 0 radical (unpaired) electrons. The van der Waals surface area contributed by atoms with Crippen LogP contribution in [0.25, 0.3) is 0 Å². The van der Waals surface area contributed by atoms with Crippen molar-refractivity contribution in [2.75, 3.05) is 52.6 Å². The lowest BCUT2D eigenvalue weighted by atomic mass is 10.3. The molecule has 0 aromatic heterocycles. The standard InChI is InChI=1S/C19H30N2O8/c1-5-16(22)28-14-12-20(18(24)26-7-3)10-9-11-21(19(25)27-8-4)13-15-29-17(23)6-2/h5-6H,1-2,7-15H2,3-4H3. The van der Waals surface area contributed by atoms with E-state index in [0.29, 0.717) is 6.42 Å². The Bertz CT molecular complexity index is 516. The molecule has 0 saturated heterocycles. The van der Waals surface area contributed by atoms with E-state index in [9.17, 15) is 19.2 Å². The van der Waals surface area contributed by atoms with Gasteiger partial charge in [-0.25, -0.2) is 19.2 Å². The average molecular weight is 414 g/mol. The minimum atomic E-state index is -0.587. The molecule has 0 aromatic rings. The van der Waals surface area contributed by atoms with E-state index in [2.05, 4.69) is 13.2 Å². The minimum Gasteiger partial charge on any atom is -0.461 e. The molecule has 0 heterocycles. The van der Waals surface area contributed by atoms with Crippen molar-refractivity contribution in [2.24, 2.45) is 0 Å². The molecule has 0 aliphatic rings. The second-order valence-electron chi connectivity index (χ2n) is 5.47. The first kappa shape index (κ1) is 26.0. The SMILES string of the molecule is C=CC(=O)OCCN(CCCN(CCOC(=O)C=C)C(=O)OCC)C(=O)OCC. The molecule has 29 heavy (non-hydrogen) atoms. The number of nitrogens with zero attached hydrogens (tertiary/aromatic N) is 2. The van der Waals surface area contributed by atoms with Crippen LogP contribution >= 0.6 is 0 Å². The number of ether oxygens (including phenoxy) is 4. The highest BCUT2D eigenvalue weighted by Crippen LogP contribution is 2.02. The highest BCUT2D eigenvalue weighted by Gasteiger charge is 2.18. The van der Waals surface area contributed by atoms with Crippen molar-refractivity contribution >= 4 is 24.1 Å². The first-order chi connectivity index (χ1) is 13.9. The van der Waals surface area contributed by atoms with Gasteiger partial charge in [-0.3, -0.25) is 0 Å². The molecule has 0 N–H and O–H groups in total. The Kier molecular flexibility index (Phi) is 14.3. The zero-order valence-electron chi connectivity index (χ0n) is 17.1. The maximum Gasteiger partial charge on any atom is 0.409 e. The van der Waals surface area contributed by atoms with Crippen LogP contribution in [-0.2, 0) is 28.5 Å². The number of amides is 2. The molecule has 0 atom stereocenters. The van der Waals surface area contributed by atoms with Crippen LogP contribution in [0.3, 0.4) is 0 Å². The summed E-state index contributed by atoms with van der Waals surface area (Å²) in [6.07, 6.45) is 1.37. The molecule has 0 saturated carbocycles. The smallest absolute Gasteiger partial charge is 0.409 e. The molecule has 10 heteroatoms. The number of carbonyl (C=O) groups excluding carboxylic acids is 4. The van der Waals surface area contributed by atoms with Gasteiger partial charge in [-0.1, -0.05) is 13.2 Å². The summed E-state index contributed by atoms with van der Waals surface area (Å²) in [6, 6.07) is 0. The first-order valence-corrected chi connectivity index (χ1v) is 9.31. The van der Waals surface area contributed by atoms with E-state index < -0.39 is 24.1 Å². The number of carbonyl (C=O) groups is 4. The third kappa shape index (κ3) is 12.1. The Morgan fingerprint density at radius 1 is 0.690 bits per heavy atom. The number of esters is 2. The van der Waals surface area contributed by atoms with Crippen LogP contribution in [0.15, 0.2) is 25.3 Å². The monoisotopic (exact) mass is 414 g/mol. The fraction of sp³-hybridized carbons (Fsp3) is 0.579. The normalized spacial score (nSPS) is 9.72. The fourth-order valence-corrected chi connectivity index (χ4v) is 2.10. The van der Waals surface area contributed by atoms with Crippen LogP contribution in [-0.4, -0.2) is 86.5 Å². The summed E-state index contributed by atoms with van der Waals surface area (Å²) in [7, 11) is 0. The van der Waals surface area contributed by atoms with E-state index >= 15 is 0 Å². The third-order valence-electron chi connectivity index (χ3n) is 3.45. The van der Waals surface area contributed by atoms with Gasteiger partial charge in [0.05, 0.1) is 26.3 Å². The van der Waals surface area contributed by atoms with Gasteiger partial charge in [0.25, 0.3) is 0 Å². The molecular weight excluding hydrogens is 384 g/mol. The Balaban J connectivity index is 4.69. The van der Waals surface area contributed by atoms with Crippen molar-refractivity contribution in [3.63, 3.8) is 0 Å². The Morgan fingerprint density at radius 3 is 1.38 bits per heavy atom. The highest BCUT2D eigenvalue weighted by atomic mass is 16.6. The summed E-state index contributed by atoms with van der Waals surface area (Å²) in [5.41, 5.74) is 0. The molecule has 0 bridgehead atoms. The van der Waals surface area contributed by atoms with E-state index in [0.717, 1.165) is 12.2 Å². The van der Waals surface area contributed by atoms with Crippen molar-refractivity contribution in [3.8, 4) is 0 Å². The second-order valence-corrected chi connectivity index (χ2v) is 5.47. The maximum absolute atomic E-state index is 12.1. The third-order valence-corrected chi connectivity index (χ3v) is 3.45. The van der Waals surface area contributed by atoms with E-state index in [-0.39, 0.29) is 52.6 Å². The summed E-state index contributed by atoms with van der Waals surface area (Å²) < 4.78 is 19.8. The predicted molar refractivity (Wildman–Crippen MR) is 104 cm³/mol. The van der Waals surface area contributed by atoms with Gasteiger partial charge in [0.1, 0.15) is 13.2 Å². The number of rotatable bonds is 14. The summed E-state index contributed by atoms with van der Waals surface area (Å²) in [5, 5.41) is 0. The van der Waals surface area contributed by atoms with Crippen LogP contribution in [0.2, 0.25) is 0 Å². The molecule has 0 aliphatic carbocycles. The van der Waals surface area contributed by atoms with Gasteiger partial charge in [-0.2, -0.15) is 0 Å². The summed E-state index contributed by atoms with van der Waals surface area (Å²) >= 11 is 0. The van der Waals surface area contributed by atoms with Crippen LogP contribution in [0.5, 0.6) is 0 Å². The lowest BCUT2D eigenvalue weighted by Gasteiger charge is -2.25. The second kappa shape index (κ2) is 16.0. The molecule has 0 aromatic carbocycles. The molecule has 164 valence electrons. The van der Waals surface area contributed by atoms with Gasteiger partial charge in [-0.15, -0.1) is 0 Å². The van der Waals surface area contributed by atoms with Gasteiger partial charge in [0.2, 0.25) is 0 Å². The molecule has 0 fully saturated rings. The van der Waals surface area contributed by atoms with Gasteiger partial charge in [0, 0.05) is 25.2 Å². The van der Waals surface area contributed by atoms with Gasteiger partial charge < -0.3 is 28.7 Å². The average Bonchev–Trinajstić information content (AvgIpc) is 2.71. The molecule has 10 nitrogen and oxygen atoms in total. The van der Waals surface area contributed by atoms with E-state index in [4.69, 9.17) is 18.9 Å². The topological polar surface area (TPSA) is 112 Å². The zero-order valence-corrected chi connectivity index (χ0v) is 17.1. The lowest BCUT2D eigenvalue weighted by molar-refractivity contribution is -0.138. The minimum absolute atomic E-state index is 0.0111. The number of hydrogen-bond donors (Lipinski definition) is 0. The fourth-order valence-electron chi connectivity index (χ4n) is 2.10. The summed E-state index contributed by atoms with van der Waals surface area (Å²) in [5.74, 6) is -1.17. The van der Waals surface area contributed by atoms with Crippen LogP contribution in [0.1, 0.15) is 20.3 Å². The molecule has 0 unspecified atom stereocenters. The van der Waals surface area contributed by atoms with Crippen LogP contribution in [0.4, 0.5) is 9.59 Å². The van der Waals surface area contributed by atoms with Crippen molar-refractivity contribution in [1.29, 1.82) is 0 Å². The van der Waals surface area contributed by atoms with Crippen LogP contribution < -0.4 is 0 Å². The predicted octanol–water partition coefficient (Wildman–Crippen LogP) is 1.75. The quantitative estimate of drug-likeness (QED) is 0.240. The summed E-state index contributed by atoms with van der Waals surface area (Å²) in [4.78, 5) is 49.1. The van der Waals surface area contributed by atoms with Crippen molar-refractivity contribution in [3.05, 3.63) is 25.3 Å². The van der Waals surface area contributed by atoms with E-state index in [1.54, 1.807) is 13.8 Å². The van der Waals surface area contributed by atoms with Crippen molar-refractivity contribution < 1.29 is 38.1 Å². The first-order valence-electron chi connectivity index (χ1n) is 9.31. The highest BCUT2D eigenvalue weighted by molar-refractivity contribution is 5.81. The van der Waals surface area contributed by atoms with E-state index in [1.807, 2.05) is 0 Å². The maximum atomic E-state index is 12.1. The molecular formula is C19H30N2O8. The zero-order chi connectivity index (χ0) is 22.1. The molecule has 0 rings (SSSR count). The van der Waals surface area contributed by atoms with Gasteiger partial charge in [0.15, 0.2) is 0 Å². The number of hydrogen-bond acceptors (Lipinski definition) is 8. The van der Waals surface area contributed by atoms with Crippen LogP contribution in [0, 0.1) is 0 Å². The van der Waals surface area contributed by atoms with Crippen molar-refractivity contribution in [1.82, 2.24) is 9.80 Å². The Labute approximate surface area is 171 Å². The van der Waals surface area contributed by atoms with Gasteiger partial charge >= 0.3 is 24.1 Å². The van der Waals surface area contributed by atoms with Gasteiger partial charge in [-0.05, 0) is 20.3 Å².